The van der Waals surface area contributed by atoms with Gasteiger partial charge in [-0.2, -0.15) is 0 Å². The molecule has 1 aliphatic rings. The summed E-state index contributed by atoms with van der Waals surface area (Å²) >= 11 is 0. The second-order valence-corrected chi connectivity index (χ2v) is 9.03. The average Bonchev–Trinajstić information content (AvgIpc) is 2.76. The van der Waals surface area contributed by atoms with E-state index in [2.05, 4.69) is 10.6 Å². The predicted octanol–water partition coefficient (Wildman–Crippen LogP) is 3.47. The van der Waals surface area contributed by atoms with Gasteiger partial charge in [0.25, 0.3) is 0 Å². The van der Waals surface area contributed by atoms with Crippen LogP contribution in [0.4, 0.5) is 0 Å². The van der Waals surface area contributed by atoms with Crippen molar-refractivity contribution in [1.29, 1.82) is 0 Å². The van der Waals surface area contributed by atoms with Gasteiger partial charge in [-0.05, 0) is 43.9 Å². The molecule has 9 heteroatoms. The highest BCUT2D eigenvalue weighted by Gasteiger charge is 2.26. The van der Waals surface area contributed by atoms with Crippen molar-refractivity contribution in [2.75, 3.05) is 33.6 Å². The number of benzene rings is 1. The Balaban J connectivity index is 0.00000450. The Hall–Kier alpha value is -1.23. The summed E-state index contributed by atoms with van der Waals surface area (Å²) in [4.78, 5) is 4.74. The van der Waals surface area contributed by atoms with Crippen LogP contribution in [-0.4, -0.2) is 55.1 Å². The van der Waals surface area contributed by atoms with Crippen LogP contribution >= 0.6 is 24.0 Å². The van der Waals surface area contributed by atoms with Gasteiger partial charge in [-0.25, -0.2) is 4.99 Å². The van der Waals surface area contributed by atoms with Crippen LogP contribution in [0.1, 0.15) is 45.1 Å². The molecule has 0 heterocycles. The summed E-state index contributed by atoms with van der Waals surface area (Å²) in [6, 6.07) is 4.12. The van der Waals surface area contributed by atoms with Crippen molar-refractivity contribution in [1.82, 2.24) is 10.6 Å². The first-order chi connectivity index (χ1) is 14.1. The summed E-state index contributed by atoms with van der Waals surface area (Å²) in [6.07, 6.45) is 4.15. The Labute approximate surface area is 200 Å². The van der Waals surface area contributed by atoms with Crippen LogP contribution in [0.5, 0.6) is 17.2 Å². The maximum atomic E-state index is 12.2. The molecule has 172 valence electrons. The summed E-state index contributed by atoms with van der Waals surface area (Å²) in [7, 11) is 4.07. The monoisotopic (exact) mass is 553 g/mol. The van der Waals surface area contributed by atoms with Gasteiger partial charge in [-0.15, -0.1) is 24.0 Å². The fourth-order valence-electron chi connectivity index (χ4n) is 3.66. The van der Waals surface area contributed by atoms with Gasteiger partial charge in [0.2, 0.25) is 5.75 Å². The number of hydrogen-bond acceptors (Lipinski definition) is 5. The number of hydrogen-bond donors (Lipinski definition) is 2. The van der Waals surface area contributed by atoms with Gasteiger partial charge in [0.05, 0.1) is 27.9 Å². The predicted molar refractivity (Wildman–Crippen MR) is 134 cm³/mol. The lowest BCUT2D eigenvalue weighted by atomic mass is 9.95. The maximum Gasteiger partial charge on any atom is 0.203 e. The third-order valence-corrected chi connectivity index (χ3v) is 6.85. The Morgan fingerprint density at radius 1 is 1.13 bits per heavy atom. The lowest BCUT2D eigenvalue weighted by Crippen LogP contribution is -2.46. The number of rotatable bonds is 9. The maximum absolute atomic E-state index is 12.2. The third-order valence-electron chi connectivity index (χ3n) is 5.11. The fourth-order valence-corrected chi connectivity index (χ4v) is 5.01. The molecule has 0 aromatic heterocycles. The molecule has 3 unspecified atom stereocenters. The average molecular weight is 554 g/mol. The highest BCUT2D eigenvalue weighted by atomic mass is 127. The Bertz CT molecular complexity index is 692. The first-order valence-corrected chi connectivity index (χ1v) is 11.6. The largest absolute Gasteiger partial charge is 0.493 e. The minimum Gasteiger partial charge on any atom is -0.493 e. The molecule has 0 radical (unpaired) electrons. The normalized spacial score (nSPS) is 20.0. The van der Waals surface area contributed by atoms with Gasteiger partial charge in [-0.1, -0.05) is 13.3 Å². The second kappa shape index (κ2) is 14.0. The van der Waals surface area contributed by atoms with Crippen molar-refractivity contribution in [3.63, 3.8) is 0 Å². The molecule has 0 saturated heterocycles. The Morgan fingerprint density at radius 3 is 2.33 bits per heavy atom. The van der Waals surface area contributed by atoms with Crippen LogP contribution in [0.15, 0.2) is 17.1 Å². The van der Waals surface area contributed by atoms with Gasteiger partial charge in [0.1, 0.15) is 0 Å². The first kappa shape index (κ1) is 26.8. The molecule has 2 N–H and O–H groups in total. The van der Waals surface area contributed by atoms with E-state index in [1.54, 1.807) is 21.3 Å². The van der Waals surface area contributed by atoms with Crippen molar-refractivity contribution in [3.8, 4) is 17.2 Å². The molecule has 0 aliphatic heterocycles. The summed E-state index contributed by atoms with van der Waals surface area (Å²) < 4.78 is 28.4. The van der Waals surface area contributed by atoms with Crippen LogP contribution in [0.3, 0.4) is 0 Å². The van der Waals surface area contributed by atoms with E-state index in [1.165, 1.54) is 0 Å². The van der Waals surface area contributed by atoms with Crippen molar-refractivity contribution in [2.45, 2.75) is 57.4 Å². The van der Waals surface area contributed by atoms with Gasteiger partial charge >= 0.3 is 0 Å². The van der Waals surface area contributed by atoms with E-state index >= 15 is 0 Å². The second-order valence-electron chi connectivity index (χ2n) is 7.03. The molecule has 0 bridgehead atoms. The first-order valence-electron chi connectivity index (χ1n) is 10.3. The lowest BCUT2D eigenvalue weighted by Gasteiger charge is -2.30. The number of nitrogens with zero attached hydrogens (tertiary/aromatic N) is 1. The van der Waals surface area contributed by atoms with Crippen LogP contribution in [0.25, 0.3) is 0 Å². The zero-order valence-electron chi connectivity index (χ0n) is 18.7. The third kappa shape index (κ3) is 7.47. The van der Waals surface area contributed by atoms with E-state index in [1.807, 2.05) is 26.0 Å². The molecular weight excluding hydrogens is 517 g/mol. The number of guanidine groups is 1. The van der Waals surface area contributed by atoms with E-state index in [4.69, 9.17) is 19.2 Å². The minimum absolute atomic E-state index is 0. The smallest absolute Gasteiger partial charge is 0.203 e. The number of aliphatic imine (C=N–C) groups is 1. The van der Waals surface area contributed by atoms with Crippen LogP contribution < -0.4 is 24.8 Å². The molecule has 1 fully saturated rings. The summed E-state index contributed by atoms with van der Waals surface area (Å²) in [5.74, 6) is 3.31. The molecule has 2 rings (SSSR count). The number of nitrogens with one attached hydrogen (secondary N) is 2. The fraction of sp³-hybridized carbons (Fsp3) is 0.667. The van der Waals surface area contributed by atoms with Gasteiger partial charge in [-0.3, -0.25) is 4.21 Å². The zero-order valence-corrected chi connectivity index (χ0v) is 21.8. The molecule has 7 nitrogen and oxygen atoms in total. The molecule has 1 aromatic rings. The van der Waals surface area contributed by atoms with Crippen molar-refractivity contribution >= 4 is 40.7 Å². The molecule has 1 saturated carbocycles. The topological polar surface area (TPSA) is 81.2 Å². The van der Waals surface area contributed by atoms with Crippen molar-refractivity contribution in [3.05, 3.63) is 17.7 Å². The van der Waals surface area contributed by atoms with Crippen LogP contribution in [-0.2, 0) is 17.3 Å². The highest BCUT2D eigenvalue weighted by Crippen LogP contribution is 2.38. The van der Waals surface area contributed by atoms with Crippen molar-refractivity contribution in [2.24, 2.45) is 4.99 Å². The summed E-state index contributed by atoms with van der Waals surface area (Å²) in [5.41, 5.74) is 0.963. The minimum atomic E-state index is -0.737. The Morgan fingerprint density at radius 2 is 1.80 bits per heavy atom. The van der Waals surface area contributed by atoms with Gasteiger partial charge < -0.3 is 24.8 Å². The zero-order chi connectivity index (χ0) is 21.2. The van der Waals surface area contributed by atoms with Crippen molar-refractivity contribution < 1.29 is 18.4 Å². The van der Waals surface area contributed by atoms with E-state index in [0.29, 0.717) is 29.8 Å². The molecule has 1 aromatic carbocycles. The highest BCUT2D eigenvalue weighted by molar-refractivity contribution is 14.0. The van der Waals surface area contributed by atoms with E-state index in [-0.39, 0.29) is 29.2 Å². The molecule has 1 aliphatic carbocycles. The standard InChI is InChI=1S/C21H35N3O4S.HI/c1-6-22-21(24-16-9-8-10-17(13-16)29(25)7-2)23-14-15-11-18(26-3)20(28-5)19(12-15)27-4;/h11-12,16-17H,6-10,13-14H2,1-5H3,(H2,22,23,24);1H. The van der Waals surface area contributed by atoms with E-state index < -0.39 is 10.8 Å². The number of halogens is 1. The summed E-state index contributed by atoms with van der Waals surface area (Å²) in [5, 5.41) is 7.13. The SMILES string of the molecule is CCNC(=NCc1cc(OC)c(OC)c(OC)c1)NC1CCCC(S(=O)CC)C1.I. The van der Waals surface area contributed by atoms with Gasteiger partial charge in [0.15, 0.2) is 17.5 Å². The van der Waals surface area contributed by atoms with E-state index in [0.717, 1.165) is 49.5 Å². The molecular formula is C21H36IN3O4S. The number of methoxy groups -OCH3 is 3. The molecule has 0 spiro atoms. The molecule has 3 atom stereocenters. The Kier molecular flexibility index (Phi) is 12.5. The lowest BCUT2D eigenvalue weighted by molar-refractivity contribution is 0.324. The van der Waals surface area contributed by atoms with Crippen LogP contribution in [0, 0.1) is 0 Å². The number of ether oxygens (including phenoxy) is 3. The summed E-state index contributed by atoms with van der Waals surface area (Å²) in [6.45, 7) is 5.30. The van der Waals surface area contributed by atoms with Crippen LogP contribution in [0.2, 0.25) is 0 Å². The quantitative estimate of drug-likeness (QED) is 0.277. The van der Waals surface area contributed by atoms with E-state index in [9.17, 15) is 4.21 Å². The molecule has 30 heavy (non-hydrogen) atoms. The molecule has 0 amide bonds. The van der Waals surface area contributed by atoms with Gasteiger partial charge in [0, 0.05) is 34.4 Å².